The van der Waals surface area contributed by atoms with E-state index in [0.717, 1.165) is 76.3 Å². The van der Waals surface area contributed by atoms with E-state index in [2.05, 4.69) is 13.8 Å². The topological polar surface area (TPSA) is 100 Å². The molecule has 0 unspecified atom stereocenters. The zero-order valence-corrected chi connectivity index (χ0v) is 23.1. The minimum absolute atomic E-state index is 0.0479. The first-order valence-electron chi connectivity index (χ1n) is 14.1. The second-order valence-electron chi connectivity index (χ2n) is 10.6. The van der Waals surface area contributed by atoms with Gasteiger partial charge < -0.3 is 9.47 Å². The summed E-state index contributed by atoms with van der Waals surface area (Å²) in [6, 6.07) is 11.2. The van der Waals surface area contributed by atoms with Crippen LogP contribution in [0.4, 0.5) is 8.78 Å². The van der Waals surface area contributed by atoms with Gasteiger partial charge in [0, 0.05) is 12.1 Å². The molecule has 2 aromatic carbocycles. The normalized spacial score (nSPS) is 22.1. The molecule has 2 saturated carbocycles. The number of carbonyl (C=O) groups excluding carboxylic acids is 2. The molecular formula is C32H36F2N2O4. The van der Waals surface area contributed by atoms with Gasteiger partial charge in [0.05, 0.1) is 23.0 Å². The quantitative estimate of drug-likeness (QED) is 0.271. The fourth-order valence-corrected chi connectivity index (χ4v) is 5.31. The summed E-state index contributed by atoms with van der Waals surface area (Å²) in [5, 5.41) is 17.3. The molecule has 0 radical (unpaired) electrons. The van der Waals surface area contributed by atoms with Crippen molar-refractivity contribution in [2.45, 2.75) is 78.1 Å². The fraction of sp³-hybridized carbons (Fsp3) is 0.500. The fourth-order valence-electron chi connectivity index (χ4n) is 5.31. The summed E-state index contributed by atoms with van der Waals surface area (Å²) in [7, 11) is 0. The van der Waals surface area contributed by atoms with Crippen molar-refractivity contribution < 1.29 is 27.8 Å². The summed E-state index contributed by atoms with van der Waals surface area (Å²) in [5.41, 5.74) is -0.0958. The van der Waals surface area contributed by atoms with Gasteiger partial charge >= 0.3 is 11.9 Å². The number of carbonyl (C=O) groups is 2. The summed E-state index contributed by atoms with van der Waals surface area (Å²) in [5.74, 6) is -0.300. The molecule has 0 bridgehead atoms. The van der Waals surface area contributed by atoms with Crippen molar-refractivity contribution in [1.82, 2.24) is 0 Å². The summed E-state index contributed by atoms with van der Waals surface area (Å²) in [4.78, 5) is 24.0. The van der Waals surface area contributed by atoms with Crippen LogP contribution in [0.2, 0.25) is 0 Å². The van der Waals surface area contributed by atoms with Crippen molar-refractivity contribution in [1.29, 1.82) is 10.5 Å². The van der Waals surface area contributed by atoms with Gasteiger partial charge in [-0.1, -0.05) is 26.7 Å². The zero-order valence-electron chi connectivity index (χ0n) is 23.1. The van der Waals surface area contributed by atoms with E-state index in [1.165, 1.54) is 24.3 Å². The van der Waals surface area contributed by atoms with Gasteiger partial charge in [-0.2, -0.15) is 10.5 Å². The molecule has 212 valence electrons. The van der Waals surface area contributed by atoms with Gasteiger partial charge in [0.2, 0.25) is 0 Å². The second-order valence-corrected chi connectivity index (χ2v) is 10.6. The van der Waals surface area contributed by atoms with Gasteiger partial charge in [-0.3, -0.25) is 9.59 Å². The summed E-state index contributed by atoms with van der Waals surface area (Å²) in [6.45, 7) is 4.34. The Morgan fingerprint density at radius 2 is 1.05 bits per heavy atom. The molecule has 0 saturated heterocycles. The minimum atomic E-state index is -0.660. The van der Waals surface area contributed by atoms with E-state index in [-0.39, 0.29) is 46.4 Å². The smallest absolute Gasteiger partial charge is 0.314 e. The van der Waals surface area contributed by atoms with Crippen LogP contribution in [0.1, 0.15) is 89.2 Å². The van der Waals surface area contributed by atoms with E-state index in [1.54, 1.807) is 12.1 Å². The number of hydrogen-bond acceptors (Lipinski definition) is 6. The largest absolute Gasteiger partial charge is 0.426 e. The third kappa shape index (κ3) is 8.61. The minimum Gasteiger partial charge on any atom is -0.426 e. The van der Waals surface area contributed by atoms with Crippen LogP contribution in [-0.2, 0) is 9.59 Å². The van der Waals surface area contributed by atoms with E-state index in [0.29, 0.717) is 11.8 Å². The maximum absolute atomic E-state index is 13.4. The predicted molar refractivity (Wildman–Crippen MR) is 145 cm³/mol. The Morgan fingerprint density at radius 3 is 1.32 bits per heavy atom. The van der Waals surface area contributed by atoms with E-state index in [9.17, 15) is 18.4 Å². The van der Waals surface area contributed by atoms with Gasteiger partial charge in [-0.05, 0) is 87.5 Å². The van der Waals surface area contributed by atoms with Crippen molar-refractivity contribution in [2.75, 3.05) is 0 Å². The van der Waals surface area contributed by atoms with Gasteiger partial charge in [0.1, 0.15) is 35.3 Å². The van der Waals surface area contributed by atoms with Gasteiger partial charge in [0.15, 0.2) is 0 Å². The van der Waals surface area contributed by atoms with Crippen LogP contribution in [0.15, 0.2) is 36.4 Å². The molecule has 0 spiro atoms. The molecular weight excluding hydrogens is 514 g/mol. The van der Waals surface area contributed by atoms with Gasteiger partial charge in [-0.25, -0.2) is 8.78 Å². The Kier molecular flexibility index (Phi) is 11.6. The van der Waals surface area contributed by atoms with Crippen LogP contribution in [0.5, 0.6) is 11.5 Å². The standard InChI is InChI=1S/2C16H18FNO2/c2*1-2-11-3-5-12(6-4-11)16(19)20-14-8-7-13(10-18)15(17)9-14/h2*7-9,11-12H,2-6H2,1H3. The molecule has 2 aliphatic carbocycles. The first kappa shape index (κ1) is 30.8. The summed E-state index contributed by atoms with van der Waals surface area (Å²) in [6.07, 6.45) is 9.90. The third-order valence-corrected chi connectivity index (χ3v) is 8.07. The number of ether oxygens (including phenoxy) is 2. The molecule has 4 rings (SSSR count). The highest BCUT2D eigenvalue weighted by Gasteiger charge is 2.28. The van der Waals surface area contributed by atoms with Crippen LogP contribution in [0.25, 0.3) is 0 Å². The van der Waals surface area contributed by atoms with Gasteiger partial charge in [-0.15, -0.1) is 0 Å². The molecule has 8 heteroatoms. The third-order valence-electron chi connectivity index (χ3n) is 8.07. The lowest BCUT2D eigenvalue weighted by atomic mass is 9.81. The van der Waals surface area contributed by atoms with Crippen molar-refractivity contribution in [2.24, 2.45) is 23.7 Å². The Balaban J connectivity index is 0.000000220. The lowest BCUT2D eigenvalue weighted by molar-refractivity contribution is -0.141. The highest BCUT2D eigenvalue weighted by molar-refractivity contribution is 5.75. The van der Waals surface area contributed by atoms with E-state index >= 15 is 0 Å². The number of benzene rings is 2. The van der Waals surface area contributed by atoms with E-state index in [4.69, 9.17) is 20.0 Å². The summed E-state index contributed by atoms with van der Waals surface area (Å²) < 4.78 is 37.3. The highest BCUT2D eigenvalue weighted by Crippen LogP contribution is 2.33. The van der Waals surface area contributed by atoms with E-state index in [1.807, 2.05) is 0 Å². The first-order chi connectivity index (χ1) is 19.3. The molecule has 2 fully saturated rings. The first-order valence-corrected chi connectivity index (χ1v) is 14.1. The number of esters is 2. The van der Waals surface area contributed by atoms with Crippen LogP contribution < -0.4 is 9.47 Å². The Bertz CT molecular complexity index is 1150. The lowest BCUT2D eigenvalue weighted by Crippen LogP contribution is -2.25. The van der Waals surface area contributed by atoms with Crippen molar-refractivity contribution in [3.05, 3.63) is 59.2 Å². The monoisotopic (exact) mass is 550 g/mol. The van der Waals surface area contributed by atoms with Crippen molar-refractivity contribution in [3.63, 3.8) is 0 Å². The molecule has 0 heterocycles. The molecule has 6 nitrogen and oxygen atoms in total. The number of rotatable bonds is 6. The Labute approximate surface area is 234 Å². The van der Waals surface area contributed by atoms with Crippen LogP contribution in [0.3, 0.4) is 0 Å². The number of hydrogen-bond donors (Lipinski definition) is 0. The average molecular weight is 551 g/mol. The summed E-state index contributed by atoms with van der Waals surface area (Å²) >= 11 is 0. The SMILES string of the molecule is CCC1CCC(C(=O)Oc2ccc(C#N)c(F)c2)CC1.CCC1CCC(C(=O)Oc2ccc(C#N)c(F)c2)CC1. The number of nitriles is 2. The second kappa shape index (κ2) is 15.1. The Morgan fingerprint density at radius 1 is 0.700 bits per heavy atom. The molecule has 40 heavy (non-hydrogen) atoms. The highest BCUT2D eigenvalue weighted by atomic mass is 19.1. The molecule has 0 aromatic heterocycles. The van der Waals surface area contributed by atoms with Gasteiger partial charge in [0.25, 0.3) is 0 Å². The van der Waals surface area contributed by atoms with Crippen molar-refractivity contribution >= 4 is 11.9 Å². The van der Waals surface area contributed by atoms with Crippen LogP contribution >= 0.6 is 0 Å². The molecule has 0 atom stereocenters. The molecule has 0 N–H and O–H groups in total. The Hall–Kier alpha value is -3.78. The molecule has 0 amide bonds. The zero-order chi connectivity index (χ0) is 29.1. The maximum atomic E-state index is 13.4. The lowest BCUT2D eigenvalue weighted by Gasteiger charge is -2.26. The molecule has 2 aliphatic rings. The predicted octanol–water partition coefficient (Wildman–Crippen LogP) is 7.64. The number of nitrogens with zero attached hydrogens (tertiary/aromatic N) is 2. The number of halogens is 2. The molecule has 2 aromatic rings. The average Bonchev–Trinajstić information content (AvgIpc) is 2.97. The van der Waals surface area contributed by atoms with E-state index < -0.39 is 11.6 Å². The maximum Gasteiger partial charge on any atom is 0.314 e. The van der Waals surface area contributed by atoms with Crippen LogP contribution in [-0.4, -0.2) is 11.9 Å². The van der Waals surface area contributed by atoms with Crippen molar-refractivity contribution in [3.8, 4) is 23.6 Å². The molecule has 0 aliphatic heterocycles. The van der Waals surface area contributed by atoms with Crippen LogP contribution in [0, 0.1) is 58.0 Å².